The molecule has 0 saturated carbocycles. The number of pyridine rings is 1. The van der Waals surface area contributed by atoms with Crippen LogP contribution in [-0.2, 0) is 17.9 Å². The van der Waals surface area contributed by atoms with E-state index < -0.39 is 6.04 Å². The zero-order valence-corrected chi connectivity index (χ0v) is 16.2. The van der Waals surface area contributed by atoms with Crippen molar-refractivity contribution in [3.8, 4) is 5.75 Å². The monoisotopic (exact) mass is 381 g/mol. The molecule has 1 atom stereocenters. The molecular formula is C21H23N3O4. The van der Waals surface area contributed by atoms with Crippen LogP contribution in [0.1, 0.15) is 41.6 Å². The average molecular weight is 381 g/mol. The molecule has 0 radical (unpaired) electrons. The number of hydrogen-bond donors (Lipinski definition) is 0. The van der Waals surface area contributed by atoms with Crippen molar-refractivity contribution in [3.63, 3.8) is 0 Å². The van der Waals surface area contributed by atoms with E-state index in [1.165, 1.54) is 6.07 Å². The van der Waals surface area contributed by atoms with Crippen LogP contribution in [0.5, 0.6) is 5.75 Å². The van der Waals surface area contributed by atoms with Crippen LogP contribution in [0, 0.1) is 0 Å². The first-order chi connectivity index (χ1) is 13.4. The van der Waals surface area contributed by atoms with Crippen LogP contribution < -0.4 is 10.2 Å². The van der Waals surface area contributed by atoms with Gasteiger partial charge in [-0.05, 0) is 19.4 Å². The number of rotatable bonds is 4. The summed E-state index contributed by atoms with van der Waals surface area (Å²) in [5.74, 6) is -0.319. The molecule has 0 saturated heterocycles. The van der Waals surface area contributed by atoms with E-state index in [0.29, 0.717) is 18.8 Å². The van der Waals surface area contributed by atoms with Crippen molar-refractivity contribution in [1.82, 2.24) is 14.4 Å². The molecule has 0 aliphatic carbocycles. The molecular weight excluding hydrogens is 358 g/mol. The molecule has 1 aromatic carbocycles. The van der Waals surface area contributed by atoms with E-state index in [2.05, 4.69) is 0 Å². The number of likely N-dealkylation sites (N-methyl/N-ethyl adjacent to an activating group) is 1. The number of carbonyl (C=O) groups excluding carboxylic acids is 2. The first kappa shape index (κ1) is 18.3. The maximum Gasteiger partial charge on any atom is 0.274 e. The third kappa shape index (κ3) is 2.87. The smallest absolute Gasteiger partial charge is 0.274 e. The minimum absolute atomic E-state index is 0.0188. The molecule has 0 bridgehead atoms. The normalized spacial score (nSPS) is 18.5. The molecule has 28 heavy (non-hydrogen) atoms. The molecule has 2 aromatic rings. The van der Waals surface area contributed by atoms with E-state index >= 15 is 0 Å². The van der Waals surface area contributed by atoms with Gasteiger partial charge in [0.05, 0.1) is 13.1 Å². The highest BCUT2D eigenvalue weighted by Crippen LogP contribution is 2.33. The third-order valence-corrected chi connectivity index (χ3v) is 5.34. The van der Waals surface area contributed by atoms with Gasteiger partial charge in [0.2, 0.25) is 11.3 Å². The van der Waals surface area contributed by atoms with E-state index in [9.17, 15) is 14.4 Å². The Morgan fingerprint density at radius 2 is 1.86 bits per heavy atom. The summed E-state index contributed by atoms with van der Waals surface area (Å²) in [7, 11) is 1.71. The van der Waals surface area contributed by atoms with Gasteiger partial charge in [-0.1, -0.05) is 30.3 Å². The lowest BCUT2D eigenvalue weighted by molar-refractivity contribution is -0.136. The fraction of sp³-hybridized carbons (Fsp3) is 0.381. The molecule has 2 amide bonds. The van der Waals surface area contributed by atoms with Crippen LogP contribution in [0.3, 0.4) is 0 Å². The van der Waals surface area contributed by atoms with E-state index in [0.717, 1.165) is 5.56 Å². The van der Waals surface area contributed by atoms with Crippen molar-refractivity contribution in [2.45, 2.75) is 39.1 Å². The summed E-state index contributed by atoms with van der Waals surface area (Å²) in [6.45, 7) is 4.57. The lowest BCUT2D eigenvalue weighted by atomic mass is 10.0. The third-order valence-electron chi connectivity index (χ3n) is 5.34. The molecule has 2 aliphatic heterocycles. The van der Waals surface area contributed by atoms with Crippen molar-refractivity contribution < 1.29 is 14.3 Å². The molecule has 0 N–H and O–H groups in total. The van der Waals surface area contributed by atoms with Crippen LogP contribution in [-0.4, -0.2) is 45.8 Å². The summed E-state index contributed by atoms with van der Waals surface area (Å²) in [6.07, 6.45) is 0. The molecule has 7 nitrogen and oxygen atoms in total. The lowest BCUT2D eigenvalue weighted by Crippen LogP contribution is -2.55. The van der Waals surface area contributed by atoms with Crippen molar-refractivity contribution in [1.29, 1.82) is 0 Å². The van der Waals surface area contributed by atoms with Gasteiger partial charge in [0.1, 0.15) is 12.6 Å². The second-order valence-electron chi connectivity index (χ2n) is 7.58. The first-order valence-corrected chi connectivity index (χ1v) is 9.39. The average Bonchev–Trinajstić information content (AvgIpc) is 2.67. The standard InChI is InChI=1S/C21H23N3O4/c1-13(2)23-11-16-20(26)22(3)10-15-9-17(25)19(18(21(23)27)24(15)16)28-12-14-7-5-4-6-8-14/h4-9,13,16H,10-12H2,1-3H3. The minimum Gasteiger partial charge on any atom is -0.483 e. The van der Waals surface area contributed by atoms with Gasteiger partial charge < -0.3 is 19.1 Å². The summed E-state index contributed by atoms with van der Waals surface area (Å²) in [5.41, 5.74) is 1.41. The van der Waals surface area contributed by atoms with Crippen LogP contribution in [0.4, 0.5) is 0 Å². The number of benzene rings is 1. The zero-order chi connectivity index (χ0) is 20.0. The van der Waals surface area contributed by atoms with Crippen molar-refractivity contribution in [2.24, 2.45) is 0 Å². The summed E-state index contributed by atoms with van der Waals surface area (Å²) >= 11 is 0. The summed E-state index contributed by atoms with van der Waals surface area (Å²) < 4.78 is 7.56. The van der Waals surface area contributed by atoms with Crippen molar-refractivity contribution in [3.05, 3.63) is 63.6 Å². The Bertz CT molecular complexity index is 997. The zero-order valence-electron chi connectivity index (χ0n) is 16.2. The summed E-state index contributed by atoms with van der Waals surface area (Å²) in [4.78, 5) is 42.1. The molecule has 4 rings (SSSR count). The Hall–Kier alpha value is -3.09. The van der Waals surface area contributed by atoms with Gasteiger partial charge in [-0.25, -0.2) is 0 Å². The number of hydrogen-bond acceptors (Lipinski definition) is 4. The Kier molecular flexibility index (Phi) is 4.45. The molecule has 7 heteroatoms. The van der Waals surface area contributed by atoms with Gasteiger partial charge in [0.25, 0.3) is 5.91 Å². The van der Waals surface area contributed by atoms with Crippen LogP contribution in [0.25, 0.3) is 0 Å². The number of nitrogens with zero attached hydrogens (tertiary/aromatic N) is 3. The molecule has 146 valence electrons. The highest BCUT2D eigenvalue weighted by atomic mass is 16.5. The molecule has 3 heterocycles. The Morgan fingerprint density at radius 3 is 2.54 bits per heavy atom. The molecule has 1 unspecified atom stereocenters. The molecule has 2 aliphatic rings. The van der Waals surface area contributed by atoms with E-state index in [-0.39, 0.29) is 41.3 Å². The maximum absolute atomic E-state index is 13.2. The molecule has 0 fully saturated rings. The Labute approximate surface area is 163 Å². The van der Waals surface area contributed by atoms with E-state index in [1.807, 2.05) is 44.2 Å². The SMILES string of the molecule is CC(C)N1CC2C(=O)N(C)Cc3cc(=O)c(OCc4ccccc4)c(n32)C1=O. The predicted molar refractivity (Wildman–Crippen MR) is 103 cm³/mol. The van der Waals surface area contributed by atoms with Gasteiger partial charge in [-0.2, -0.15) is 0 Å². The second kappa shape index (κ2) is 6.82. The van der Waals surface area contributed by atoms with Gasteiger partial charge in [0.15, 0.2) is 11.4 Å². The lowest BCUT2D eigenvalue weighted by Gasteiger charge is -2.43. The Balaban J connectivity index is 1.84. The highest BCUT2D eigenvalue weighted by Gasteiger charge is 2.43. The number of amides is 2. The van der Waals surface area contributed by atoms with E-state index in [4.69, 9.17) is 4.74 Å². The topological polar surface area (TPSA) is 71.9 Å². The number of aromatic nitrogens is 1. The van der Waals surface area contributed by atoms with E-state index in [1.54, 1.807) is 21.4 Å². The molecule has 0 spiro atoms. The summed E-state index contributed by atoms with van der Waals surface area (Å²) in [5, 5.41) is 0. The van der Waals surface area contributed by atoms with Crippen LogP contribution >= 0.6 is 0 Å². The quantitative estimate of drug-likeness (QED) is 0.810. The van der Waals surface area contributed by atoms with Crippen LogP contribution in [0.15, 0.2) is 41.2 Å². The molecule has 1 aromatic heterocycles. The first-order valence-electron chi connectivity index (χ1n) is 9.39. The number of ether oxygens (including phenoxy) is 1. The van der Waals surface area contributed by atoms with Crippen LogP contribution in [0.2, 0.25) is 0 Å². The van der Waals surface area contributed by atoms with Gasteiger partial charge >= 0.3 is 0 Å². The van der Waals surface area contributed by atoms with Crippen molar-refractivity contribution in [2.75, 3.05) is 13.6 Å². The fourth-order valence-electron chi connectivity index (χ4n) is 3.90. The number of carbonyl (C=O) groups is 2. The van der Waals surface area contributed by atoms with Crippen molar-refractivity contribution >= 4 is 11.8 Å². The maximum atomic E-state index is 13.2. The van der Waals surface area contributed by atoms with Gasteiger partial charge in [0, 0.05) is 24.8 Å². The van der Waals surface area contributed by atoms with Gasteiger partial charge in [-0.15, -0.1) is 0 Å². The largest absolute Gasteiger partial charge is 0.483 e. The van der Waals surface area contributed by atoms with Gasteiger partial charge in [-0.3, -0.25) is 14.4 Å². The fourth-order valence-corrected chi connectivity index (χ4v) is 3.90. The predicted octanol–water partition coefficient (Wildman–Crippen LogP) is 1.80. The summed E-state index contributed by atoms with van der Waals surface area (Å²) in [6, 6.07) is 10.3. The highest BCUT2D eigenvalue weighted by molar-refractivity contribution is 5.98. The second-order valence-corrected chi connectivity index (χ2v) is 7.58. The Morgan fingerprint density at radius 1 is 1.14 bits per heavy atom. The minimum atomic E-state index is -0.538.